The third-order valence-electron chi connectivity index (χ3n) is 8.69. The molecular weight excluding hydrogens is 376 g/mol. The predicted octanol–water partition coefficient (Wildman–Crippen LogP) is 8.89. The summed E-state index contributed by atoms with van der Waals surface area (Å²) in [6, 6.07) is 16.7. The van der Waals surface area contributed by atoms with Crippen LogP contribution in [-0.2, 0) is 0 Å². The molecule has 0 unspecified atom stereocenters. The van der Waals surface area contributed by atoms with E-state index in [1.807, 2.05) is 0 Å². The number of hydrogen-bond donors (Lipinski definition) is 0. The van der Waals surface area contributed by atoms with E-state index in [2.05, 4.69) is 42.4 Å². The maximum atomic E-state index is 4.84. The van der Waals surface area contributed by atoms with Crippen LogP contribution in [-0.4, -0.2) is 6.01 Å². The van der Waals surface area contributed by atoms with Gasteiger partial charge < -0.3 is 0 Å². The lowest BCUT2D eigenvalue weighted by atomic mass is 9.71. The van der Waals surface area contributed by atoms with Crippen molar-refractivity contribution in [1.29, 1.82) is 0 Å². The maximum absolute atomic E-state index is 4.84. The Morgan fingerprint density at radius 3 is 1.23 bits per heavy atom. The topological polar surface area (TPSA) is 24.7 Å². The Hall–Kier alpha value is -2.18. The smallest absolute Gasteiger partial charge is 0.100 e. The molecule has 0 radical (unpaired) electrons. The molecule has 0 amide bonds. The van der Waals surface area contributed by atoms with Crippen molar-refractivity contribution < 1.29 is 0 Å². The second-order valence-electron chi connectivity index (χ2n) is 10.4. The first-order valence-electron chi connectivity index (χ1n) is 12.8. The zero-order chi connectivity index (χ0) is 20.6. The Labute approximate surface area is 186 Å². The molecule has 0 bridgehead atoms. The summed E-state index contributed by atoms with van der Waals surface area (Å²) in [5, 5.41) is 0. The molecular formula is C29H34N2. The minimum atomic E-state index is 0.699. The Balaban J connectivity index is 1.36. The Bertz CT molecular complexity index is 934. The van der Waals surface area contributed by atoms with E-state index in [9.17, 15) is 0 Å². The van der Waals surface area contributed by atoms with Gasteiger partial charge in [0.25, 0.3) is 0 Å². The number of benzene rings is 2. The van der Waals surface area contributed by atoms with E-state index in [1.165, 1.54) is 88.2 Å². The first-order valence-corrected chi connectivity index (χ1v) is 12.8. The molecule has 4 saturated carbocycles. The molecule has 4 fully saturated rings. The summed E-state index contributed by atoms with van der Waals surface area (Å²) < 4.78 is 0. The number of nitrogens with zero attached hydrogens (tertiary/aromatic N) is 2. The molecule has 0 aliphatic heterocycles. The summed E-state index contributed by atoms with van der Waals surface area (Å²) in [4.78, 5) is 9.68. The SMILES string of the molecule is C(=Nc1cccc(C2CCC2)c1C1CCC1)=Nc1cccc(C2CCC2)c1C1CCC1. The van der Waals surface area contributed by atoms with Crippen molar-refractivity contribution in [3.05, 3.63) is 58.7 Å². The molecule has 0 N–H and O–H groups in total. The minimum absolute atomic E-state index is 0.699. The second kappa shape index (κ2) is 8.40. The van der Waals surface area contributed by atoms with Gasteiger partial charge in [0, 0.05) is 0 Å². The summed E-state index contributed by atoms with van der Waals surface area (Å²) in [5.74, 6) is 2.91. The summed E-state index contributed by atoms with van der Waals surface area (Å²) in [7, 11) is 0. The number of hydrogen-bond acceptors (Lipinski definition) is 2. The molecule has 4 aliphatic rings. The van der Waals surface area contributed by atoms with Crippen molar-refractivity contribution in [1.82, 2.24) is 0 Å². The monoisotopic (exact) mass is 410 g/mol. The highest BCUT2D eigenvalue weighted by atomic mass is 14.8. The first kappa shape index (κ1) is 19.5. The van der Waals surface area contributed by atoms with Crippen LogP contribution in [0.1, 0.15) is 123 Å². The second-order valence-corrected chi connectivity index (χ2v) is 10.4. The van der Waals surface area contributed by atoms with Crippen molar-refractivity contribution in [2.24, 2.45) is 9.98 Å². The fraction of sp³-hybridized carbons (Fsp3) is 0.552. The zero-order valence-electron chi connectivity index (χ0n) is 18.7. The normalized spacial score (nSPS) is 21.9. The highest BCUT2D eigenvalue weighted by molar-refractivity contribution is 5.65. The molecule has 2 heteroatoms. The zero-order valence-corrected chi connectivity index (χ0v) is 18.7. The fourth-order valence-corrected chi connectivity index (χ4v) is 5.90. The van der Waals surface area contributed by atoms with E-state index in [0.29, 0.717) is 11.8 Å². The van der Waals surface area contributed by atoms with Crippen LogP contribution in [0.2, 0.25) is 0 Å². The van der Waals surface area contributed by atoms with E-state index in [-0.39, 0.29) is 0 Å². The van der Waals surface area contributed by atoms with Gasteiger partial charge in [-0.3, -0.25) is 0 Å². The Morgan fingerprint density at radius 1 is 0.516 bits per heavy atom. The first-order chi connectivity index (χ1) is 15.4. The van der Waals surface area contributed by atoms with Crippen LogP contribution >= 0.6 is 0 Å². The van der Waals surface area contributed by atoms with Crippen LogP contribution < -0.4 is 0 Å². The molecule has 0 saturated heterocycles. The van der Waals surface area contributed by atoms with Crippen molar-refractivity contribution in [2.45, 2.75) is 101 Å². The van der Waals surface area contributed by atoms with Crippen molar-refractivity contribution in [2.75, 3.05) is 0 Å². The molecule has 0 spiro atoms. The minimum Gasteiger partial charge on any atom is -0.187 e. The molecule has 2 aromatic rings. The van der Waals surface area contributed by atoms with Gasteiger partial charge in [-0.05, 0) is 109 Å². The van der Waals surface area contributed by atoms with Gasteiger partial charge in [-0.15, -0.1) is 0 Å². The number of rotatable bonds is 6. The standard InChI is InChI=1S/C29H34N2/c1-7-20(8-1)24-15-5-17-26(28(24)22-11-3-12-22)30-19-31-27-18-6-16-25(21-9-2-10-21)29(27)23-13-4-14-23/h5-6,15-18,20-23H,1-4,7-14H2. The van der Waals surface area contributed by atoms with Gasteiger partial charge in [-0.25, -0.2) is 0 Å². The lowest BCUT2D eigenvalue weighted by Crippen LogP contribution is -2.17. The van der Waals surface area contributed by atoms with E-state index in [1.54, 1.807) is 11.1 Å². The fourth-order valence-electron chi connectivity index (χ4n) is 5.90. The maximum Gasteiger partial charge on any atom is 0.100 e. The third-order valence-corrected chi connectivity index (χ3v) is 8.69. The predicted molar refractivity (Wildman–Crippen MR) is 128 cm³/mol. The molecule has 4 aliphatic carbocycles. The van der Waals surface area contributed by atoms with Crippen LogP contribution in [0.5, 0.6) is 0 Å². The van der Waals surface area contributed by atoms with E-state index in [0.717, 1.165) is 23.2 Å². The van der Waals surface area contributed by atoms with Crippen LogP contribution in [0, 0.1) is 0 Å². The highest BCUT2D eigenvalue weighted by Crippen LogP contribution is 2.49. The molecule has 0 atom stereocenters. The van der Waals surface area contributed by atoms with Crippen molar-refractivity contribution in [3.63, 3.8) is 0 Å². The summed E-state index contributed by atoms with van der Waals surface area (Å²) >= 11 is 0. The van der Waals surface area contributed by atoms with Gasteiger partial charge in [0.05, 0.1) is 11.4 Å². The van der Waals surface area contributed by atoms with Gasteiger partial charge >= 0.3 is 0 Å². The molecule has 2 aromatic carbocycles. The largest absolute Gasteiger partial charge is 0.187 e. The lowest BCUT2D eigenvalue weighted by Gasteiger charge is -2.34. The Kier molecular flexibility index (Phi) is 5.28. The molecule has 6 rings (SSSR count). The van der Waals surface area contributed by atoms with Crippen LogP contribution in [0.15, 0.2) is 46.4 Å². The van der Waals surface area contributed by atoms with Gasteiger partial charge in [0.15, 0.2) is 0 Å². The molecule has 0 aromatic heterocycles. The summed E-state index contributed by atoms with van der Waals surface area (Å²) in [6.07, 6.45) is 16.1. The molecule has 31 heavy (non-hydrogen) atoms. The van der Waals surface area contributed by atoms with E-state index in [4.69, 9.17) is 9.98 Å². The molecule has 160 valence electrons. The van der Waals surface area contributed by atoms with Crippen LogP contribution in [0.4, 0.5) is 11.4 Å². The average molecular weight is 411 g/mol. The Morgan fingerprint density at radius 2 is 0.903 bits per heavy atom. The highest BCUT2D eigenvalue weighted by Gasteiger charge is 2.31. The van der Waals surface area contributed by atoms with Gasteiger partial charge in [-0.1, -0.05) is 49.9 Å². The van der Waals surface area contributed by atoms with Crippen molar-refractivity contribution in [3.8, 4) is 0 Å². The van der Waals surface area contributed by atoms with Gasteiger partial charge in [0.2, 0.25) is 0 Å². The van der Waals surface area contributed by atoms with Gasteiger partial charge in [-0.2, -0.15) is 9.98 Å². The van der Waals surface area contributed by atoms with E-state index >= 15 is 0 Å². The quantitative estimate of drug-likeness (QED) is 0.425. The summed E-state index contributed by atoms with van der Waals surface area (Å²) in [5.41, 5.74) is 8.42. The van der Waals surface area contributed by atoms with E-state index < -0.39 is 0 Å². The van der Waals surface area contributed by atoms with Crippen LogP contribution in [0.3, 0.4) is 0 Å². The van der Waals surface area contributed by atoms with Crippen molar-refractivity contribution >= 4 is 17.4 Å². The number of aliphatic imine (C=N–C) groups is 2. The molecule has 0 heterocycles. The third kappa shape index (κ3) is 3.60. The average Bonchev–Trinajstić information content (AvgIpc) is 2.60. The molecule has 2 nitrogen and oxygen atoms in total. The van der Waals surface area contributed by atoms with Crippen LogP contribution in [0.25, 0.3) is 0 Å². The van der Waals surface area contributed by atoms with Gasteiger partial charge in [0.1, 0.15) is 6.01 Å². The summed E-state index contributed by atoms with van der Waals surface area (Å²) in [6.45, 7) is 0. The lowest BCUT2D eigenvalue weighted by molar-refractivity contribution is 0.389.